The topological polar surface area (TPSA) is 68.0 Å². The molecular weight excluding hydrogens is 214 g/mol. The summed E-state index contributed by atoms with van der Waals surface area (Å²) < 4.78 is 0. The molecule has 0 aromatic carbocycles. The average molecular weight is 235 g/mol. The fourth-order valence-corrected chi connectivity index (χ4v) is 1.71. The Balaban J connectivity index is 2.63. The first-order valence-corrected chi connectivity index (χ1v) is 5.97. The molecule has 1 rings (SSSR count). The number of aromatic nitrogens is 1. The van der Waals surface area contributed by atoms with Crippen LogP contribution in [0.5, 0.6) is 0 Å². The number of hydrogen-bond acceptors (Lipinski definition) is 3. The third-order valence-electron chi connectivity index (χ3n) is 2.89. The molecule has 4 nitrogen and oxygen atoms in total. The minimum Gasteiger partial charge on any atom is -0.348 e. The van der Waals surface area contributed by atoms with Gasteiger partial charge in [-0.3, -0.25) is 9.78 Å². The van der Waals surface area contributed by atoms with Crippen molar-refractivity contribution in [2.75, 3.05) is 6.54 Å². The van der Waals surface area contributed by atoms with Crippen LogP contribution in [0.3, 0.4) is 0 Å². The Hall–Kier alpha value is -1.42. The first kappa shape index (κ1) is 13.6. The van der Waals surface area contributed by atoms with Crippen molar-refractivity contribution in [3.05, 3.63) is 30.1 Å². The van der Waals surface area contributed by atoms with Gasteiger partial charge in [0, 0.05) is 12.7 Å². The molecule has 1 unspecified atom stereocenters. The van der Waals surface area contributed by atoms with Crippen LogP contribution in [0.15, 0.2) is 24.4 Å². The predicted octanol–water partition coefficient (Wildman–Crippen LogP) is 1.49. The Labute approximate surface area is 103 Å². The highest BCUT2D eigenvalue weighted by molar-refractivity contribution is 5.79. The molecular formula is C13H21N3O. The standard InChI is InChI=1S/C13H21N3O/c1-9(2)11(8-14)13(17)16-10(3)12-6-4-5-7-15-12/h4-7,9-11H,8,14H2,1-3H3,(H,16,17)/t10-,11?/m0/s1. The Morgan fingerprint density at radius 3 is 2.59 bits per heavy atom. The Morgan fingerprint density at radius 2 is 2.12 bits per heavy atom. The second kappa shape index (κ2) is 6.35. The number of pyridine rings is 1. The first-order valence-electron chi connectivity index (χ1n) is 5.97. The van der Waals surface area contributed by atoms with Gasteiger partial charge in [-0.2, -0.15) is 0 Å². The lowest BCUT2D eigenvalue weighted by Gasteiger charge is -2.21. The van der Waals surface area contributed by atoms with Gasteiger partial charge in [-0.1, -0.05) is 19.9 Å². The van der Waals surface area contributed by atoms with Gasteiger partial charge in [0.1, 0.15) is 0 Å². The maximum Gasteiger partial charge on any atom is 0.225 e. The molecule has 0 aliphatic heterocycles. The van der Waals surface area contributed by atoms with Crippen molar-refractivity contribution in [3.8, 4) is 0 Å². The minimum atomic E-state index is -0.138. The smallest absolute Gasteiger partial charge is 0.225 e. The van der Waals surface area contributed by atoms with Gasteiger partial charge in [0.05, 0.1) is 17.7 Å². The van der Waals surface area contributed by atoms with E-state index >= 15 is 0 Å². The van der Waals surface area contributed by atoms with E-state index in [1.165, 1.54) is 0 Å². The van der Waals surface area contributed by atoms with Crippen molar-refractivity contribution >= 4 is 5.91 Å². The highest BCUT2D eigenvalue weighted by Crippen LogP contribution is 2.13. The molecule has 17 heavy (non-hydrogen) atoms. The summed E-state index contributed by atoms with van der Waals surface area (Å²) in [6.45, 7) is 6.30. The Morgan fingerprint density at radius 1 is 1.41 bits per heavy atom. The van der Waals surface area contributed by atoms with Gasteiger partial charge in [0.2, 0.25) is 5.91 Å². The number of amides is 1. The molecule has 0 spiro atoms. The van der Waals surface area contributed by atoms with Crippen LogP contribution in [-0.2, 0) is 4.79 Å². The summed E-state index contributed by atoms with van der Waals surface area (Å²) in [5.41, 5.74) is 6.47. The van der Waals surface area contributed by atoms with Gasteiger partial charge in [-0.25, -0.2) is 0 Å². The molecule has 0 saturated heterocycles. The van der Waals surface area contributed by atoms with E-state index in [-0.39, 0.29) is 23.8 Å². The number of nitrogens with zero attached hydrogens (tertiary/aromatic N) is 1. The summed E-state index contributed by atoms with van der Waals surface area (Å²) in [5, 5.41) is 2.95. The third-order valence-corrected chi connectivity index (χ3v) is 2.89. The van der Waals surface area contributed by atoms with Crippen LogP contribution in [-0.4, -0.2) is 17.4 Å². The molecule has 0 radical (unpaired) electrons. The molecule has 4 heteroatoms. The lowest BCUT2D eigenvalue weighted by atomic mass is 9.95. The number of carbonyl (C=O) groups excluding carboxylic acids is 1. The van der Waals surface area contributed by atoms with Crippen LogP contribution in [0, 0.1) is 11.8 Å². The highest BCUT2D eigenvalue weighted by Gasteiger charge is 2.22. The zero-order valence-electron chi connectivity index (χ0n) is 10.7. The van der Waals surface area contributed by atoms with Crippen LogP contribution < -0.4 is 11.1 Å². The van der Waals surface area contributed by atoms with E-state index in [0.29, 0.717) is 6.54 Å². The Bertz CT molecular complexity index is 351. The SMILES string of the molecule is CC(C)C(CN)C(=O)N[C@@H](C)c1ccccn1. The number of carbonyl (C=O) groups is 1. The number of rotatable bonds is 5. The zero-order valence-corrected chi connectivity index (χ0v) is 10.7. The van der Waals surface area contributed by atoms with E-state index in [4.69, 9.17) is 5.73 Å². The monoisotopic (exact) mass is 235 g/mol. The normalized spacial score (nSPS) is 14.4. The lowest BCUT2D eigenvalue weighted by Crippen LogP contribution is -2.39. The van der Waals surface area contributed by atoms with E-state index in [1.54, 1.807) is 6.20 Å². The van der Waals surface area contributed by atoms with Crippen LogP contribution >= 0.6 is 0 Å². The fourth-order valence-electron chi connectivity index (χ4n) is 1.71. The molecule has 1 heterocycles. The third kappa shape index (κ3) is 3.82. The molecule has 3 N–H and O–H groups in total. The average Bonchev–Trinajstić information content (AvgIpc) is 2.30. The van der Waals surface area contributed by atoms with Crippen molar-refractivity contribution in [1.82, 2.24) is 10.3 Å². The zero-order chi connectivity index (χ0) is 12.8. The van der Waals surface area contributed by atoms with Gasteiger partial charge in [-0.15, -0.1) is 0 Å². The van der Waals surface area contributed by atoms with Crippen molar-refractivity contribution in [1.29, 1.82) is 0 Å². The molecule has 0 fully saturated rings. The molecule has 0 aliphatic rings. The van der Waals surface area contributed by atoms with Gasteiger partial charge < -0.3 is 11.1 Å². The Kier molecular flexibility index (Phi) is 5.10. The van der Waals surface area contributed by atoms with Crippen molar-refractivity contribution in [3.63, 3.8) is 0 Å². The number of nitrogens with one attached hydrogen (secondary N) is 1. The molecule has 0 aliphatic carbocycles. The second-order valence-electron chi connectivity index (χ2n) is 4.57. The van der Waals surface area contributed by atoms with Crippen LogP contribution in [0.4, 0.5) is 0 Å². The van der Waals surface area contributed by atoms with E-state index in [0.717, 1.165) is 5.69 Å². The molecule has 1 amide bonds. The molecule has 0 bridgehead atoms. The van der Waals surface area contributed by atoms with Crippen LogP contribution in [0.2, 0.25) is 0 Å². The van der Waals surface area contributed by atoms with Gasteiger partial charge >= 0.3 is 0 Å². The van der Waals surface area contributed by atoms with E-state index < -0.39 is 0 Å². The summed E-state index contributed by atoms with van der Waals surface area (Å²) in [6, 6.07) is 5.58. The molecule has 1 aromatic heterocycles. The predicted molar refractivity (Wildman–Crippen MR) is 68.2 cm³/mol. The maximum atomic E-state index is 12.0. The summed E-state index contributed by atoms with van der Waals surface area (Å²) in [6.07, 6.45) is 1.72. The lowest BCUT2D eigenvalue weighted by molar-refractivity contribution is -0.126. The summed E-state index contributed by atoms with van der Waals surface area (Å²) in [5.74, 6) is 0.109. The van der Waals surface area contributed by atoms with E-state index in [9.17, 15) is 4.79 Å². The summed E-state index contributed by atoms with van der Waals surface area (Å²) in [4.78, 5) is 16.2. The fraction of sp³-hybridized carbons (Fsp3) is 0.538. The highest BCUT2D eigenvalue weighted by atomic mass is 16.2. The van der Waals surface area contributed by atoms with Crippen molar-refractivity contribution in [2.45, 2.75) is 26.8 Å². The quantitative estimate of drug-likeness (QED) is 0.812. The number of hydrogen-bond donors (Lipinski definition) is 2. The van der Waals surface area contributed by atoms with Crippen molar-refractivity contribution < 1.29 is 4.79 Å². The van der Waals surface area contributed by atoms with E-state index in [2.05, 4.69) is 10.3 Å². The van der Waals surface area contributed by atoms with Crippen LogP contribution in [0.1, 0.15) is 32.5 Å². The van der Waals surface area contributed by atoms with E-state index in [1.807, 2.05) is 39.0 Å². The molecule has 2 atom stereocenters. The summed E-state index contributed by atoms with van der Waals surface area (Å²) >= 11 is 0. The minimum absolute atomic E-state index is 0.000605. The number of nitrogens with two attached hydrogens (primary N) is 1. The molecule has 0 saturated carbocycles. The van der Waals surface area contributed by atoms with Gasteiger partial charge in [-0.05, 0) is 25.0 Å². The molecule has 94 valence electrons. The first-order chi connectivity index (χ1) is 8.06. The van der Waals surface area contributed by atoms with Crippen LogP contribution in [0.25, 0.3) is 0 Å². The van der Waals surface area contributed by atoms with Gasteiger partial charge in [0.15, 0.2) is 0 Å². The molecule has 1 aromatic rings. The van der Waals surface area contributed by atoms with Gasteiger partial charge in [0.25, 0.3) is 0 Å². The van der Waals surface area contributed by atoms with Crippen molar-refractivity contribution in [2.24, 2.45) is 17.6 Å². The largest absolute Gasteiger partial charge is 0.348 e. The summed E-state index contributed by atoms with van der Waals surface area (Å²) in [7, 11) is 0. The maximum absolute atomic E-state index is 12.0. The second-order valence-corrected chi connectivity index (χ2v) is 4.57.